The van der Waals surface area contributed by atoms with Crippen molar-refractivity contribution in [3.63, 3.8) is 0 Å². The SMILES string of the molecule is CN(C)CCc1cn(C)c2cc(O)c(F)cc12. The van der Waals surface area contributed by atoms with Gasteiger partial charge in [-0.1, -0.05) is 0 Å². The number of halogens is 1. The summed E-state index contributed by atoms with van der Waals surface area (Å²) < 4.78 is 15.3. The van der Waals surface area contributed by atoms with E-state index in [0.717, 1.165) is 29.4 Å². The van der Waals surface area contributed by atoms with Crippen LogP contribution in [0.4, 0.5) is 4.39 Å². The molecule has 0 aliphatic rings. The molecule has 0 radical (unpaired) electrons. The Morgan fingerprint density at radius 3 is 2.71 bits per heavy atom. The monoisotopic (exact) mass is 236 g/mol. The van der Waals surface area contributed by atoms with Crippen molar-refractivity contribution in [1.82, 2.24) is 9.47 Å². The van der Waals surface area contributed by atoms with Gasteiger partial charge < -0.3 is 14.6 Å². The number of nitrogens with zero attached hydrogens (tertiary/aromatic N) is 2. The lowest BCUT2D eigenvalue weighted by molar-refractivity contribution is 0.414. The van der Waals surface area contributed by atoms with E-state index in [-0.39, 0.29) is 5.75 Å². The van der Waals surface area contributed by atoms with Crippen LogP contribution in [0.1, 0.15) is 5.56 Å². The molecular weight excluding hydrogens is 219 g/mol. The van der Waals surface area contributed by atoms with Gasteiger partial charge in [-0.25, -0.2) is 4.39 Å². The van der Waals surface area contributed by atoms with Crippen LogP contribution in [0.25, 0.3) is 10.9 Å². The van der Waals surface area contributed by atoms with Gasteiger partial charge in [0, 0.05) is 31.2 Å². The lowest BCUT2D eigenvalue weighted by atomic mass is 10.1. The number of hydrogen-bond acceptors (Lipinski definition) is 2. The number of rotatable bonds is 3. The summed E-state index contributed by atoms with van der Waals surface area (Å²) in [5.74, 6) is -0.854. The van der Waals surface area contributed by atoms with Crippen molar-refractivity contribution in [2.24, 2.45) is 7.05 Å². The minimum absolute atomic E-state index is 0.294. The summed E-state index contributed by atoms with van der Waals surface area (Å²) in [7, 11) is 5.92. The molecule has 1 aromatic carbocycles. The van der Waals surface area contributed by atoms with E-state index in [0.29, 0.717) is 0 Å². The Balaban J connectivity index is 2.46. The second kappa shape index (κ2) is 4.37. The first-order valence-electron chi connectivity index (χ1n) is 5.60. The first-order chi connectivity index (χ1) is 7.99. The fraction of sp³-hybridized carbons (Fsp3) is 0.385. The topological polar surface area (TPSA) is 28.4 Å². The molecule has 0 amide bonds. The number of fused-ring (bicyclic) bond motifs is 1. The molecule has 0 aliphatic carbocycles. The van der Waals surface area contributed by atoms with Crippen LogP contribution in [-0.2, 0) is 13.5 Å². The molecule has 1 N–H and O–H groups in total. The van der Waals surface area contributed by atoms with E-state index in [1.807, 2.05) is 31.9 Å². The van der Waals surface area contributed by atoms with Gasteiger partial charge in [0.05, 0.1) is 5.52 Å². The second-order valence-electron chi connectivity index (χ2n) is 4.64. The summed E-state index contributed by atoms with van der Waals surface area (Å²) in [5.41, 5.74) is 1.97. The predicted octanol–water partition coefficient (Wildman–Crippen LogP) is 2.13. The zero-order valence-electron chi connectivity index (χ0n) is 10.4. The highest BCUT2D eigenvalue weighted by Crippen LogP contribution is 2.27. The molecule has 1 aromatic heterocycles. The maximum absolute atomic E-state index is 13.4. The number of likely N-dealkylation sites (N-methyl/N-ethyl adjacent to an activating group) is 1. The number of phenols is 1. The molecule has 0 atom stereocenters. The van der Waals surface area contributed by atoms with E-state index in [1.54, 1.807) is 0 Å². The summed E-state index contributed by atoms with van der Waals surface area (Å²) in [6.07, 6.45) is 2.86. The maximum atomic E-state index is 13.4. The minimum atomic E-state index is -0.560. The normalized spacial score (nSPS) is 11.6. The van der Waals surface area contributed by atoms with Gasteiger partial charge in [0.25, 0.3) is 0 Å². The number of phenolic OH excluding ortho intramolecular Hbond substituents is 1. The fourth-order valence-corrected chi connectivity index (χ4v) is 2.02. The number of aromatic nitrogens is 1. The highest BCUT2D eigenvalue weighted by molar-refractivity contribution is 5.85. The van der Waals surface area contributed by atoms with Crippen molar-refractivity contribution in [2.45, 2.75) is 6.42 Å². The van der Waals surface area contributed by atoms with E-state index in [2.05, 4.69) is 4.90 Å². The molecule has 2 rings (SSSR count). The third-order valence-corrected chi connectivity index (χ3v) is 2.97. The molecule has 0 aliphatic heterocycles. The second-order valence-corrected chi connectivity index (χ2v) is 4.64. The summed E-state index contributed by atoms with van der Waals surface area (Å²) >= 11 is 0. The van der Waals surface area contributed by atoms with Crippen LogP contribution < -0.4 is 0 Å². The maximum Gasteiger partial charge on any atom is 0.165 e. The third-order valence-electron chi connectivity index (χ3n) is 2.97. The summed E-state index contributed by atoms with van der Waals surface area (Å²) in [6, 6.07) is 2.89. The van der Waals surface area contributed by atoms with Gasteiger partial charge in [-0.3, -0.25) is 0 Å². The molecule has 3 nitrogen and oxygen atoms in total. The lowest BCUT2D eigenvalue weighted by Crippen LogP contribution is -2.14. The zero-order valence-corrected chi connectivity index (χ0v) is 10.4. The lowest BCUT2D eigenvalue weighted by Gasteiger charge is -2.08. The van der Waals surface area contributed by atoms with E-state index in [1.165, 1.54) is 12.1 Å². The Hall–Kier alpha value is -1.55. The smallest absolute Gasteiger partial charge is 0.165 e. The molecule has 0 saturated carbocycles. The van der Waals surface area contributed by atoms with E-state index < -0.39 is 5.82 Å². The van der Waals surface area contributed by atoms with Gasteiger partial charge in [0.2, 0.25) is 0 Å². The molecule has 17 heavy (non-hydrogen) atoms. The van der Waals surface area contributed by atoms with Crippen molar-refractivity contribution in [3.8, 4) is 5.75 Å². The Morgan fingerprint density at radius 1 is 1.35 bits per heavy atom. The minimum Gasteiger partial charge on any atom is -0.505 e. The van der Waals surface area contributed by atoms with Gasteiger partial charge >= 0.3 is 0 Å². The molecule has 0 spiro atoms. The van der Waals surface area contributed by atoms with Crippen molar-refractivity contribution in [3.05, 3.63) is 29.7 Å². The molecule has 4 heteroatoms. The highest BCUT2D eigenvalue weighted by Gasteiger charge is 2.11. The summed E-state index contributed by atoms with van der Waals surface area (Å²) in [4.78, 5) is 2.09. The predicted molar refractivity (Wildman–Crippen MR) is 66.8 cm³/mol. The summed E-state index contributed by atoms with van der Waals surface area (Å²) in [6.45, 7) is 0.918. The largest absolute Gasteiger partial charge is 0.505 e. The molecular formula is C13H17FN2O. The average Bonchev–Trinajstić information content (AvgIpc) is 2.54. The first-order valence-corrected chi connectivity index (χ1v) is 5.60. The van der Waals surface area contributed by atoms with Gasteiger partial charge in [-0.15, -0.1) is 0 Å². The molecule has 2 aromatic rings. The molecule has 1 heterocycles. The average molecular weight is 236 g/mol. The number of hydrogen-bond donors (Lipinski definition) is 1. The number of benzene rings is 1. The van der Waals surface area contributed by atoms with Gasteiger partial charge in [0.1, 0.15) is 0 Å². The zero-order chi connectivity index (χ0) is 12.6. The Morgan fingerprint density at radius 2 is 2.06 bits per heavy atom. The van der Waals surface area contributed by atoms with Crippen molar-refractivity contribution >= 4 is 10.9 Å². The highest BCUT2D eigenvalue weighted by atomic mass is 19.1. The van der Waals surface area contributed by atoms with Crippen molar-refractivity contribution in [1.29, 1.82) is 0 Å². The van der Waals surface area contributed by atoms with Crippen LogP contribution in [0, 0.1) is 5.82 Å². The quantitative estimate of drug-likeness (QED) is 0.884. The van der Waals surface area contributed by atoms with Gasteiger partial charge in [-0.2, -0.15) is 0 Å². The first kappa shape index (κ1) is 11.9. The van der Waals surface area contributed by atoms with Crippen LogP contribution in [0.3, 0.4) is 0 Å². The number of aryl methyl sites for hydroxylation is 1. The molecule has 0 bridgehead atoms. The van der Waals surface area contributed by atoms with Crippen LogP contribution in [0.5, 0.6) is 5.75 Å². The van der Waals surface area contributed by atoms with Crippen LogP contribution in [-0.4, -0.2) is 35.2 Å². The molecule has 0 saturated heterocycles. The van der Waals surface area contributed by atoms with Gasteiger partial charge in [0.15, 0.2) is 11.6 Å². The van der Waals surface area contributed by atoms with Gasteiger partial charge in [-0.05, 0) is 32.1 Å². The standard InChI is InChI=1S/C13H17FN2O/c1-15(2)5-4-9-8-16(3)12-7-13(17)11(14)6-10(9)12/h6-8,17H,4-5H2,1-3H3. The van der Waals surface area contributed by atoms with Crippen molar-refractivity contribution in [2.75, 3.05) is 20.6 Å². The Labute approximate surface area is 100 Å². The number of aromatic hydroxyl groups is 1. The fourth-order valence-electron chi connectivity index (χ4n) is 2.02. The van der Waals surface area contributed by atoms with E-state index >= 15 is 0 Å². The Bertz CT molecular complexity index is 546. The third kappa shape index (κ3) is 2.26. The van der Waals surface area contributed by atoms with Crippen LogP contribution in [0.2, 0.25) is 0 Å². The molecule has 92 valence electrons. The summed E-state index contributed by atoms with van der Waals surface area (Å²) in [5, 5.41) is 10.3. The Kier molecular flexibility index (Phi) is 3.07. The van der Waals surface area contributed by atoms with Crippen LogP contribution in [0.15, 0.2) is 18.3 Å². The van der Waals surface area contributed by atoms with E-state index in [9.17, 15) is 9.50 Å². The molecule has 0 unspecified atom stereocenters. The van der Waals surface area contributed by atoms with E-state index in [4.69, 9.17) is 0 Å². The van der Waals surface area contributed by atoms with Crippen LogP contribution >= 0.6 is 0 Å². The molecule has 0 fully saturated rings. The van der Waals surface area contributed by atoms with Crippen molar-refractivity contribution < 1.29 is 9.50 Å².